The van der Waals surface area contributed by atoms with Gasteiger partial charge in [-0.2, -0.15) is 0 Å². The molecule has 1 N–H and O–H groups in total. The molecule has 2 atom stereocenters. The van der Waals surface area contributed by atoms with Crippen LogP contribution in [-0.2, 0) is 16.3 Å². The first kappa shape index (κ1) is 15.4. The van der Waals surface area contributed by atoms with Gasteiger partial charge in [-0.05, 0) is 44.9 Å². The van der Waals surface area contributed by atoms with E-state index >= 15 is 0 Å². The highest BCUT2D eigenvalue weighted by molar-refractivity contribution is 7.92. The van der Waals surface area contributed by atoms with Crippen molar-refractivity contribution in [3.8, 4) is 0 Å². The molecule has 0 saturated carbocycles. The molecule has 1 aliphatic carbocycles. The van der Waals surface area contributed by atoms with Crippen LogP contribution in [0.5, 0.6) is 0 Å². The Balaban J connectivity index is 2.41. The van der Waals surface area contributed by atoms with Crippen molar-refractivity contribution in [3.05, 3.63) is 29.6 Å². The molecule has 20 heavy (non-hydrogen) atoms. The molecule has 2 rings (SSSR count). The Morgan fingerprint density at radius 3 is 2.80 bits per heavy atom. The maximum Gasteiger partial charge on any atom is 0.154 e. The topological polar surface area (TPSA) is 59.1 Å². The van der Waals surface area contributed by atoms with E-state index in [0.29, 0.717) is 0 Å². The van der Waals surface area contributed by atoms with E-state index in [1.807, 2.05) is 26.8 Å². The average molecular weight is 296 g/mol. The van der Waals surface area contributed by atoms with Crippen LogP contribution in [0.4, 0.5) is 0 Å². The standard InChI is InChI=1S/C15H24N2O2S/c1-5-16-14(15(2,3)20(4,18)19)12-9-8-11-7-6-10-17-13(11)12/h6-7,10,12,14,16H,5,8-9H2,1-4H3. The maximum atomic E-state index is 12.2. The lowest BCUT2D eigenvalue weighted by molar-refractivity contribution is 0.354. The lowest BCUT2D eigenvalue weighted by Crippen LogP contribution is -2.54. The predicted octanol–water partition coefficient (Wildman–Crippen LogP) is 1.91. The van der Waals surface area contributed by atoms with Gasteiger partial charge < -0.3 is 5.32 Å². The van der Waals surface area contributed by atoms with E-state index in [-0.39, 0.29) is 12.0 Å². The van der Waals surface area contributed by atoms with E-state index in [9.17, 15) is 8.42 Å². The molecule has 0 aromatic carbocycles. The van der Waals surface area contributed by atoms with Gasteiger partial charge in [0.2, 0.25) is 0 Å². The zero-order chi connectivity index (χ0) is 15.0. The van der Waals surface area contributed by atoms with Gasteiger partial charge in [-0.1, -0.05) is 13.0 Å². The lowest BCUT2D eigenvalue weighted by atomic mass is 9.87. The molecule has 0 spiro atoms. The maximum absolute atomic E-state index is 12.2. The molecular formula is C15H24N2O2S. The van der Waals surface area contributed by atoms with E-state index in [1.54, 1.807) is 6.20 Å². The van der Waals surface area contributed by atoms with E-state index in [4.69, 9.17) is 0 Å². The number of aryl methyl sites for hydroxylation is 1. The first-order chi connectivity index (χ1) is 9.29. The fourth-order valence-corrected chi connectivity index (χ4v) is 3.80. The van der Waals surface area contributed by atoms with Gasteiger partial charge in [-0.3, -0.25) is 4.98 Å². The molecule has 4 nitrogen and oxygen atoms in total. The highest BCUT2D eigenvalue weighted by atomic mass is 32.2. The summed E-state index contributed by atoms with van der Waals surface area (Å²) in [7, 11) is -3.15. The first-order valence-electron chi connectivity index (χ1n) is 7.15. The number of aromatic nitrogens is 1. The number of hydrogen-bond donors (Lipinski definition) is 1. The monoisotopic (exact) mass is 296 g/mol. The van der Waals surface area contributed by atoms with E-state index in [1.165, 1.54) is 11.8 Å². The number of sulfone groups is 1. The SMILES string of the molecule is CCNC(C1CCc2cccnc21)C(C)(C)S(C)(=O)=O. The Bertz CT molecular complexity index is 581. The van der Waals surface area contributed by atoms with Crippen LogP contribution < -0.4 is 5.32 Å². The number of fused-ring (bicyclic) bond motifs is 1. The van der Waals surface area contributed by atoms with Gasteiger partial charge in [0, 0.05) is 30.1 Å². The minimum absolute atomic E-state index is 0.112. The van der Waals surface area contributed by atoms with Crippen molar-refractivity contribution in [2.24, 2.45) is 0 Å². The number of nitrogens with one attached hydrogen (secondary N) is 1. The van der Waals surface area contributed by atoms with Crippen molar-refractivity contribution in [1.29, 1.82) is 0 Å². The molecule has 1 aromatic rings. The minimum atomic E-state index is -3.15. The van der Waals surface area contributed by atoms with Gasteiger partial charge in [-0.25, -0.2) is 8.42 Å². The Morgan fingerprint density at radius 2 is 2.20 bits per heavy atom. The van der Waals surface area contributed by atoms with Crippen molar-refractivity contribution in [1.82, 2.24) is 10.3 Å². The summed E-state index contributed by atoms with van der Waals surface area (Å²) in [5.74, 6) is 0.163. The summed E-state index contributed by atoms with van der Waals surface area (Å²) in [4.78, 5) is 4.50. The molecule has 0 saturated heterocycles. The van der Waals surface area contributed by atoms with Crippen molar-refractivity contribution in [2.45, 2.75) is 50.3 Å². The molecule has 112 valence electrons. The number of likely N-dealkylation sites (N-methyl/N-ethyl adjacent to an activating group) is 1. The summed E-state index contributed by atoms with van der Waals surface area (Å²) >= 11 is 0. The fraction of sp³-hybridized carbons (Fsp3) is 0.667. The summed E-state index contributed by atoms with van der Waals surface area (Å²) < 4.78 is 23.5. The van der Waals surface area contributed by atoms with Crippen LogP contribution in [0.1, 0.15) is 44.4 Å². The third kappa shape index (κ3) is 2.61. The smallest absolute Gasteiger partial charge is 0.154 e. The number of rotatable bonds is 5. The fourth-order valence-electron chi connectivity index (χ4n) is 3.09. The van der Waals surface area contributed by atoms with Gasteiger partial charge in [0.05, 0.1) is 4.75 Å². The quantitative estimate of drug-likeness (QED) is 0.902. The molecule has 0 fully saturated rings. The molecule has 0 amide bonds. The summed E-state index contributed by atoms with van der Waals surface area (Å²) in [6, 6.07) is 3.93. The molecule has 0 aliphatic heterocycles. The summed E-state index contributed by atoms with van der Waals surface area (Å²) in [6.45, 7) is 6.40. The third-order valence-electron chi connectivity index (χ3n) is 4.53. The van der Waals surface area contributed by atoms with E-state index < -0.39 is 14.6 Å². The van der Waals surface area contributed by atoms with Crippen LogP contribution in [0.25, 0.3) is 0 Å². The van der Waals surface area contributed by atoms with Gasteiger partial charge in [0.15, 0.2) is 9.84 Å². The minimum Gasteiger partial charge on any atom is -0.312 e. The number of pyridine rings is 1. The second-order valence-corrected chi connectivity index (χ2v) is 8.70. The van der Waals surface area contributed by atoms with Crippen LogP contribution in [0.2, 0.25) is 0 Å². The molecule has 1 heterocycles. The number of nitrogens with zero attached hydrogens (tertiary/aromatic N) is 1. The molecule has 1 aliphatic rings. The molecule has 5 heteroatoms. The van der Waals surface area contributed by atoms with Gasteiger partial charge in [0.1, 0.15) is 0 Å². The van der Waals surface area contributed by atoms with Gasteiger partial charge in [0.25, 0.3) is 0 Å². The Morgan fingerprint density at radius 1 is 1.50 bits per heavy atom. The molecule has 0 bridgehead atoms. The van der Waals surface area contributed by atoms with Crippen LogP contribution in [0.15, 0.2) is 18.3 Å². The average Bonchev–Trinajstić information content (AvgIpc) is 2.78. The van der Waals surface area contributed by atoms with Crippen LogP contribution in [-0.4, -0.2) is 37.0 Å². The van der Waals surface area contributed by atoms with Crippen molar-refractivity contribution in [2.75, 3.05) is 12.8 Å². The highest BCUT2D eigenvalue weighted by Crippen LogP contribution is 2.39. The third-order valence-corrected chi connectivity index (χ3v) is 6.70. The molecule has 1 aromatic heterocycles. The van der Waals surface area contributed by atoms with E-state index in [0.717, 1.165) is 25.1 Å². The lowest BCUT2D eigenvalue weighted by Gasteiger charge is -2.37. The van der Waals surface area contributed by atoms with E-state index in [2.05, 4.69) is 16.4 Å². The number of hydrogen-bond acceptors (Lipinski definition) is 4. The van der Waals surface area contributed by atoms with Gasteiger partial charge in [-0.15, -0.1) is 0 Å². The summed E-state index contributed by atoms with van der Waals surface area (Å²) in [5, 5.41) is 3.39. The largest absolute Gasteiger partial charge is 0.312 e. The summed E-state index contributed by atoms with van der Waals surface area (Å²) in [5.41, 5.74) is 2.32. The zero-order valence-electron chi connectivity index (χ0n) is 12.7. The van der Waals surface area contributed by atoms with Crippen molar-refractivity contribution >= 4 is 9.84 Å². The zero-order valence-corrected chi connectivity index (χ0v) is 13.5. The first-order valence-corrected chi connectivity index (χ1v) is 9.05. The Kier molecular flexibility index (Phi) is 4.21. The van der Waals surface area contributed by atoms with Crippen molar-refractivity contribution < 1.29 is 8.42 Å². The predicted molar refractivity (Wildman–Crippen MR) is 81.7 cm³/mol. The Labute approximate surface area is 121 Å². The second kappa shape index (κ2) is 5.45. The summed E-state index contributed by atoms with van der Waals surface area (Å²) in [6.07, 6.45) is 5.07. The molecule has 0 radical (unpaired) electrons. The van der Waals surface area contributed by atoms with Gasteiger partial charge >= 0.3 is 0 Å². The van der Waals surface area contributed by atoms with Crippen LogP contribution in [0.3, 0.4) is 0 Å². The molecular weight excluding hydrogens is 272 g/mol. The Hall–Kier alpha value is -0.940. The van der Waals surface area contributed by atoms with Crippen LogP contribution in [0, 0.1) is 0 Å². The van der Waals surface area contributed by atoms with Crippen LogP contribution >= 0.6 is 0 Å². The normalized spacial score (nSPS) is 20.7. The molecule has 2 unspecified atom stereocenters. The second-order valence-electron chi connectivity index (χ2n) is 6.10. The highest BCUT2D eigenvalue weighted by Gasteiger charge is 2.45. The van der Waals surface area contributed by atoms with Crippen molar-refractivity contribution in [3.63, 3.8) is 0 Å².